The van der Waals surface area contributed by atoms with Crippen LogP contribution in [0.1, 0.15) is 56.2 Å². The number of nitrogens with one attached hydrogen (secondary N) is 1. The van der Waals surface area contributed by atoms with Crippen LogP contribution in [0.15, 0.2) is 10.5 Å². The average Bonchev–Trinajstić information content (AvgIpc) is 2.88. The standard InChI is InChI=1S/C18H25N3OS/c1-11(20-21-17(22)6-16-10-23-12(2)19-16)18-7-13-3-14(8-18)5-15(4-13)9-18/h10,13-15H,3-9H2,1-2H3,(H,21,22)/b20-11-. The molecule has 4 nitrogen and oxygen atoms in total. The van der Waals surface area contributed by atoms with Gasteiger partial charge in [-0.2, -0.15) is 5.10 Å². The highest BCUT2D eigenvalue weighted by molar-refractivity contribution is 7.09. The van der Waals surface area contributed by atoms with Crippen molar-refractivity contribution in [3.8, 4) is 0 Å². The SMILES string of the molecule is C/C(=N/NC(=O)Cc1csc(C)n1)C12CC3CC(CC(C3)C1)C2. The minimum absolute atomic E-state index is 0.0561. The zero-order chi connectivity index (χ0) is 16.0. The minimum atomic E-state index is -0.0561. The van der Waals surface area contributed by atoms with E-state index in [4.69, 9.17) is 0 Å². The number of hydrogen-bond acceptors (Lipinski definition) is 4. The molecule has 4 fully saturated rings. The summed E-state index contributed by atoms with van der Waals surface area (Å²) < 4.78 is 0. The molecule has 5 rings (SSSR count). The van der Waals surface area contributed by atoms with Crippen LogP contribution in [0.4, 0.5) is 0 Å². The number of aromatic nitrogens is 1. The lowest BCUT2D eigenvalue weighted by molar-refractivity contribution is -0.120. The molecule has 1 aromatic rings. The Morgan fingerprint density at radius 3 is 2.43 bits per heavy atom. The number of thiazole rings is 1. The number of carbonyl (C=O) groups excluding carboxylic acids is 1. The second kappa shape index (κ2) is 5.69. The van der Waals surface area contributed by atoms with E-state index in [-0.39, 0.29) is 11.3 Å². The molecule has 0 spiro atoms. The molecule has 0 aliphatic heterocycles. The molecule has 1 N–H and O–H groups in total. The van der Waals surface area contributed by atoms with Gasteiger partial charge >= 0.3 is 0 Å². The van der Waals surface area contributed by atoms with E-state index in [1.165, 1.54) is 38.5 Å². The van der Waals surface area contributed by atoms with Gasteiger partial charge in [0.2, 0.25) is 5.91 Å². The molecule has 124 valence electrons. The molecular weight excluding hydrogens is 306 g/mol. The molecule has 0 radical (unpaired) electrons. The van der Waals surface area contributed by atoms with Crippen LogP contribution in [0.5, 0.6) is 0 Å². The summed E-state index contributed by atoms with van der Waals surface area (Å²) in [7, 11) is 0. The molecule has 0 saturated heterocycles. The van der Waals surface area contributed by atoms with E-state index in [1.807, 2.05) is 12.3 Å². The molecule has 1 amide bonds. The smallest absolute Gasteiger partial charge is 0.246 e. The molecule has 4 aliphatic rings. The maximum atomic E-state index is 12.1. The van der Waals surface area contributed by atoms with Crippen molar-refractivity contribution in [2.24, 2.45) is 28.3 Å². The van der Waals surface area contributed by atoms with Gasteiger partial charge in [-0.3, -0.25) is 4.79 Å². The highest BCUT2D eigenvalue weighted by Gasteiger charge is 2.52. The number of amides is 1. The van der Waals surface area contributed by atoms with Crippen molar-refractivity contribution in [3.63, 3.8) is 0 Å². The quantitative estimate of drug-likeness (QED) is 0.675. The Morgan fingerprint density at radius 2 is 1.91 bits per heavy atom. The summed E-state index contributed by atoms with van der Waals surface area (Å²) in [6.45, 7) is 4.09. The van der Waals surface area contributed by atoms with E-state index >= 15 is 0 Å². The Hall–Kier alpha value is -1.23. The summed E-state index contributed by atoms with van der Waals surface area (Å²) in [6, 6.07) is 0. The summed E-state index contributed by atoms with van der Waals surface area (Å²) in [4.78, 5) is 16.4. The molecule has 4 saturated carbocycles. The third kappa shape index (κ3) is 2.95. The molecule has 1 heterocycles. The van der Waals surface area contributed by atoms with E-state index in [0.29, 0.717) is 6.42 Å². The fourth-order valence-electron chi connectivity index (χ4n) is 5.51. The first-order chi connectivity index (χ1) is 11.0. The van der Waals surface area contributed by atoms with Crippen molar-refractivity contribution in [2.45, 2.75) is 58.8 Å². The number of hydrogen-bond donors (Lipinski definition) is 1. The van der Waals surface area contributed by atoms with Crippen molar-refractivity contribution < 1.29 is 4.79 Å². The van der Waals surface area contributed by atoms with Crippen molar-refractivity contribution >= 4 is 23.0 Å². The minimum Gasteiger partial charge on any atom is -0.273 e. The predicted octanol–water partition coefficient (Wildman–Crippen LogP) is 3.70. The molecule has 0 atom stereocenters. The van der Waals surface area contributed by atoms with E-state index in [2.05, 4.69) is 22.4 Å². The van der Waals surface area contributed by atoms with Gasteiger partial charge in [0.25, 0.3) is 0 Å². The van der Waals surface area contributed by atoms with Gasteiger partial charge in [-0.1, -0.05) is 0 Å². The van der Waals surface area contributed by atoms with Crippen LogP contribution in [-0.2, 0) is 11.2 Å². The topological polar surface area (TPSA) is 54.4 Å². The van der Waals surface area contributed by atoms with Gasteiger partial charge in [0.15, 0.2) is 0 Å². The normalized spacial score (nSPS) is 35.6. The fraction of sp³-hybridized carbons (Fsp3) is 0.722. The van der Waals surface area contributed by atoms with Crippen molar-refractivity contribution in [3.05, 3.63) is 16.1 Å². The maximum Gasteiger partial charge on any atom is 0.246 e. The lowest BCUT2D eigenvalue weighted by Crippen LogP contribution is -2.49. The monoisotopic (exact) mass is 331 g/mol. The first kappa shape index (κ1) is 15.3. The van der Waals surface area contributed by atoms with Crippen LogP contribution in [0.3, 0.4) is 0 Å². The summed E-state index contributed by atoms with van der Waals surface area (Å²) in [6.07, 6.45) is 8.48. The second-order valence-electron chi connectivity index (χ2n) is 7.96. The molecule has 4 aliphatic carbocycles. The van der Waals surface area contributed by atoms with Crippen molar-refractivity contribution in [2.75, 3.05) is 0 Å². The van der Waals surface area contributed by atoms with Crippen molar-refractivity contribution in [1.82, 2.24) is 10.4 Å². The summed E-state index contributed by atoms with van der Waals surface area (Å²) in [5.74, 6) is 2.65. The fourth-order valence-corrected chi connectivity index (χ4v) is 6.12. The molecule has 0 aromatic carbocycles. The third-order valence-corrected chi connectivity index (χ3v) is 6.98. The van der Waals surface area contributed by atoms with E-state index < -0.39 is 0 Å². The van der Waals surface area contributed by atoms with Crippen LogP contribution in [0.2, 0.25) is 0 Å². The number of carbonyl (C=O) groups is 1. The Bertz CT molecular complexity index is 613. The predicted molar refractivity (Wildman–Crippen MR) is 92.4 cm³/mol. The van der Waals surface area contributed by atoms with Crippen LogP contribution in [0, 0.1) is 30.1 Å². The van der Waals surface area contributed by atoms with Gasteiger partial charge in [-0.25, -0.2) is 10.4 Å². The number of hydrazone groups is 1. The lowest BCUT2D eigenvalue weighted by atomic mass is 9.48. The van der Waals surface area contributed by atoms with Crippen LogP contribution < -0.4 is 5.43 Å². The van der Waals surface area contributed by atoms with Crippen LogP contribution >= 0.6 is 11.3 Å². The Balaban J connectivity index is 1.41. The number of rotatable bonds is 4. The van der Waals surface area contributed by atoms with Crippen LogP contribution in [-0.4, -0.2) is 16.6 Å². The van der Waals surface area contributed by atoms with Gasteiger partial charge < -0.3 is 0 Å². The van der Waals surface area contributed by atoms with Crippen molar-refractivity contribution in [1.29, 1.82) is 0 Å². The van der Waals surface area contributed by atoms with E-state index in [0.717, 1.165) is 34.2 Å². The molecular formula is C18H25N3OS. The lowest BCUT2D eigenvalue weighted by Gasteiger charge is -2.56. The summed E-state index contributed by atoms with van der Waals surface area (Å²) in [5, 5.41) is 7.46. The zero-order valence-corrected chi connectivity index (χ0v) is 14.8. The molecule has 0 unspecified atom stereocenters. The largest absolute Gasteiger partial charge is 0.273 e. The van der Waals surface area contributed by atoms with Gasteiger partial charge in [0, 0.05) is 16.5 Å². The van der Waals surface area contributed by atoms with Gasteiger partial charge in [-0.05, 0) is 70.1 Å². The molecule has 23 heavy (non-hydrogen) atoms. The molecule has 4 bridgehead atoms. The average molecular weight is 331 g/mol. The van der Waals surface area contributed by atoms with Crippen LogP contribution in [0.25, 0.3) is 0 Å². The number of aryl methyl sites for hydroxylation is 1. The first-order valence-corrected chi connectivity index (χ1v) is 9.65. The van der Waals surface area contributed by atoms with E-state index in [9.17, 15) is 4.79 Å². The second-order valence-corrected chi connectivity index (χ2v) is 9.03. The summed E-state index contributed by atoms with van der Waals surface area (Å²) in [5.41, 5.74) is 5.05. The highest BCUT2D eigenvalue weighted by Crippen LogP contribution is 2.60. The first-order valence-electron chi connectivity index (χ1n) is 8.77. The molecule has 5 heteroatoms. The summed E-state index contributed by atoms with van der Waals surface area (Å²) >= 11 is 1.58. The highest BCUT2D eigenvalue weighted by atomic mass is 32.1. The van der Waals surface area contributed by atoms with Gasteiger partial charge in [0.05, 0.1) is 17.1 Å². The number of nitrogens with zero attached hydrogens (tertiary/aromatic N) is 2. The third-order valence-electron chi connectivity index (χ3n) is 6.16. The van der Waals surface area contributed by atoms with Gasteiger partial charge in [0.1, 0.15) is 0 Å². The Morgan fingerprint density at radius 1 is 1.30 bits per heavy atom. The maximum absolute atomic E-state index is 12.1. The van der Waals surface area contributed by atoms with Gasteiger partial charge in [-0.15, -0.1) is 11.3 Å². The Kier molecular flexibility index (Phi) is 3.79. The Labute approximate surface area is 141 Å². The van der Waals surface area contributed by atoms with E-state index in [1.54, 1.807) is 11.3 Å². The molecule has 1 aromatic heterocycles. The zero-order valence-electron chi connectivity index (χ0n) is 14.0.